The fraction of sp³-hybridized carbons (Fsp3) is 0.923. The second-order valence-electron chi connectivity index (χ2n) is 6.02. The van der Waals surface area contributed by atoms with Crippen molar-refractivity contribution >= 4 is 15.9 Å². The van der Waals surface area contributed by atoms with E-state index >= 15 is 0 Å². The molecule has 0 saturated carbocycles. The number of rotatable bonds is 3. The van der Waals surface area contributed by atoms with Gasteiger partial charge in [0, 0.05) is 31.1 Å². The van der Waals surface area contributed by atoms with Crippen molar-refractivity contribution in [1.29, 1.82) is 0 Å². The molecule has 0 aliphatic carbocycles. The summed E-state index contributed by atoms with van der Waals surface area (Å²) in [6, 6.07) is 0.511. The molecule has 0 aromatic carbocycles. The zero-order chi connectivity index (χ0) is 14.8. The van der Waals surface area contributed by atoms with Gasteiger partial charge >= 0.3 is 0 Å². The highest BCUT2D eigenvalue weighted by molar-refractivity contribution is 7.88. The molecule has 7 heteroatoms. The van der Waals surface area contributed by atoms with Crippen molar-refractivity contribution in [3.05, 3.63) is 0 Å². The number of carbonyl (C=O) groups is 1. The second-order valence-corrected chi connectivity index (χ2v) is 8.00. The summed E-state index contributed by atoms with van der Waals surface area (Å²) in [6.45, 7) is 4.01. The number of hydrogen-bond acceptors (Lipinski definition) is 4. The van der Waals surface area contributed by atoms with Gasteiger partial charge in [-0.1, -0.05) is 0 Å². The predicted octanol–water partition coefficient (Wildman–Crippen LogP) is -0.0853. The van der Waals surface area contributed by atoms with Crippen LogP contribution in [0.1, 0.15) is 32.6 Å². The van der Waals surface area contributed by atoms with Crippen molar-refractivity contribution in [3.63, 3.8) is 0 Å². The number of nitrogens with one attached hydrogen (secondary N) is 2. The minimum absolute atomic E-state index is 0.0965. The Morgan fingerprint density at radius 1 is 1.25 bits per heavy atom. The van der Waals surface area contributed by atoms with Crippen LogP contribution < -0.4 is 10.6 Å². The standard InChI is InChI=1S/C13H25N3O3S/c1-10-9-11(3-6-14-10)13(17)15-12-4-7-16(8-5-12)20(2,18)19/h10-12,14H,3-9H2,1-2H3,(H,15,17). The molecular weight excluding hydrogens is 278 g/mol. The lowest BCUT2D eigenvalue weighted by Crippen LogP contribution is -2.49. The molecule has 20 heavy (non-hydrogen) atoms. The number of nitrogens with zero attached hydrogens (tertiary/aromatic N) is 1. The van der Waals surface area contributed by atoms with Crippen LogP contribution in [0.2, 0.25) is 0 Å². The van der Waals surface area contributed by atoms with E-state index in [1.807, 2.05) is 0 Å². The summed E-state index contributed by atoms with van der Waals surface area (Å²) in [7, 11) is -3.09. The van der Waals surface area contributed by atoms with E-state index in [9.17, 15) is 13.2 Å². The van der Waals surface area contributed by atoms with Crippen molar-refractivity contribution in [3.8, 4) is 0 Å². The molecule has 2 unspecified atom stereocenters. The molecule has 2 aliphatic rings. The lowest BCUT2D eigenvalue weighted by atomic mass is 9.92. The maximum absolute atomic E-state index is 12.2. The molecule has 2 rings (SSSR count). The van der Waals surface area contributed by atoms with Crippen LogP contribution in [0.15, 0.2) is 0 Å². The summed E-state index contributed by atoms with van der Waals surface area (Å²) in [5, 5.41) is 6.43. The molecule has 1 amide bonds. The van der Waals surface area contributed by atoms with Crippen LogP contribution in [-0.2, 0) is 14.8 Å². The minimum Gasteiger partial charge on any atom is -0.353 e. The molecule has 2 fully saturated rings. The summed E-state index contributed by atoms with van der Waals surface area (Å²) in [6.07, 6.45) is 4.42. The Labute approximate surface area is 121 Å². The smallest absolute Gasteiger partial charge is 0.223 e. The minimum atomic E-state index is -3.09. The van der Waals surface area contributed by atoms with Gasteiger partial charge in [-0.05, 0) is 39.2 Å². The van der Waals surface area contributed by atoms with E-state index < -0.39 is 10.0 Å². The average Bonchev–Trinajstić information content (AvgIpc) is 2.38. The Morgan fingerprint density at radius 2 is 1.90 bits per heavy atom. The van der Waals surface area contributed by atoms with E-state index in [0.717, 1.165) is 19.4 Å². The van der Waals surface area contributed by atoms with Gasteiger partial charge in [0.15, 0.2) is 0 Å². The molecule has 0 aromatic heterocycles. The Bertz CT molecular complexity index is 444. The van der Waals surface area contributed by atoms with Gasteiger partial charge in [0.2, 0.25) is 15.9 Å². The molecule has 0 radical (unpaired) electrons. The van der Waals surface area contributed by atoms with Crippen LogP contribution in [0.3, 0.4) is 0 Å². The molecule has 6 nitrogen and oxygen atoms in total. The summed E-state index contributed by atoms with van der Waals surface area (Å²) >= 11 is 0. The first-order valence-electron chi connectivity index (χ1n) is 7.35. The summed E-state index contributed by atoms with van der Waals surface area (Å²) in [4.78, 5) is 12.2. The SMILES string of the molecule is CC1CC(C(=O)NC2CCN(S(C)(=O)=O)CC2)CCN1. The highest BCUT2D eigenvalue weighted by Gasteiger charge is 2.29. The van der Waals surface area contributed by atoms with Gasteiger partial charge in [-0.15, -0.1) is 0 Å². The van der Waals surface area contributed by atoms with Gasteiger partial charge in [-0.3, -0.25) is 4.79 Å². The fourth-order valence-electron chi connectivity index (χ4n) is 3.02. The zero-order valence-corrected chi connectivity index (χ0v) is 13.1. The van der Waals surface area contributed by atoms with Gasteiger partial charge in [-0.25, -0.2) is 12.7 Å². The maximum Gasteiger partial charge on any atom is 0.223 e. The molecule has 2 atom stereocenters. The Balaban J connectivity index is 1.79. The van der Waals surface area contributed by atoms with E-state index in [4.69, 9.17) is 0 Å². The maximum atomic E-state index is 12.2. The number of amides is 1. The monoisotopic (exact) mass is 303 g/mol. The van der Waals surface area contributed by atoms with Crippen LogP contribution in [0.5, 0.6) is 0 Å². The van der Waals surface area contributed by atoms with Gasteiger partial charge in [0.1, 0.15) is 0 Å². The molecule has 0 aromatic rings. The van der Waals surface area contributed by atoms with Crippen molar-refractivity contribution in [2.45, 2.75) is 44.7 Å². The quantitative estimate of drug-likeness (QED) is 0.764. The number of piperidine rings is 2. The zero-order valence-electron chi connectivity index (χ0n) is 12.3. The number of hydrogen-bond donors (Lipinski definition) is 2. The molecule has 116 valence electrons. The van der Waals surface area contributed by atoms with Gasteiger partial charge in [0.25, 0.3) is 0 Å². The first-order valence-corrected chi connectivity index (χ1v) is 9.20. The van der Waals surface area contributed by atoms with Crippen molar-refractivity contribution in [2.75, 3.05) is 25.9 Å². The Morgan fingerprint density at radius 3 is 2.45 bits per heavy atom. The molecular formula is C13H25N3O3S. The summed E-state index contributed by atoms with van der Waals surface area (Å²) in [5.74, 6) is 0.232. The first-order chi connectivity index (χ1) is 9.36. The fourth-order valence-corrected chi connectivity index (χ4v) is 3.89. The molecule has 2 aliphatic heterocycles. The molecule has 2 heterocycles. The summed E-state index contributed by atoms with van der Waals surface area (Å²) < 4.78 is 24.3. The highest BCUT2D eigenvalue weighted by Crippen LogP contribution is 2.18. The third kappa shape index (κ3) is 4.17. The second kappa shape index (κ2) is 6.41. The van der Waals surface area contributed by atoms with E-state index in [1.54, 1.807) is 0 Å². The van der Waals surface area contributed by atoms with E-state index in [2.05, 4.69) is 17.6 Å². The van der Waals surface area contributed by atoms with Crippen molar-refractivity contribution in [2.24, 2.45) is 5.92 Å². The molecule has 2 N–H and O–H groups in total. The van der Waals surface area contributed by atoms with Crippen LogP contribution in [0.25, 0.3) is 0 Å². The lowest BCUT2D eigenvalue weighted by Gasteiger charge is -2.33. The predicted molar refractivity (Wildman–Crippen MR) is 77.8 cm³/mol. The van der Waals surface area contributed by atoms with Crippen LogP contribution >= 0.6 is 0 Å². The number of carbonyl (C=O) groups excluding carboxylic acids is 1. The number of sulfonamides is 1. The van der Waals surface area contributed by atoms with E-state index in [1.165, 1.54) is 10.6 Å². The first kappa shape index (κ1) is 15.7. The Kier molecular flexibility index (Phi) is 5.04. The topological polar surface area (TPSA) is 78.5 Å². The van der Waals surface area contributed by atoms with Gasteiger partial charge in [0.05, 0.1) is 6.26 Å². The van der Waals surface area contributed by atoms with Crippen molar-refractivity contribution in [1.82, 2.24) is 14.9 Å². The van der Waals surface area contributed by atoms with Crippen LogP contribution in [-0.4, -0.2) is 56.6 Å². The molecule has 0 spiro atoms. The van der Waals surface area contributed by atoms with Gasteiger partial charge < -0.3 is 10.6 Å². The Hall–Kier alpha value is -0.660. The van der Waals surface area contributed by atoms with Crippen LogP contribution in [0, 0.1) is 5.92 Å². The highest BCUT2D eigenvalue weighted by atomic mass is 32.2. The van der Waals surface area contributed by atoms with E-state index in [-0.39, 0.29) is 17.9 Å². The lowest BCUT2D eigenvalue weighted by molar-refractivity contribution is -0.127. The molecule has 0 bridgehead atoms. The summed E-state index contributed by atoms with van der Waals surface area (Å²) in [5.41, 5.74) is 0. The third-order valence-electron chi connectivity index (χ3n) is 4.26. The third-order valence-corrected chi connectivity index (χ3v) is 5.57. The average molecular weight is 303 g/mol. The largest absolute Gasteiger partial charge is 0.353 e. The van der Waals surface area contributed by atoms with Gasteiger partial charge in [-0.2, -0.15) is 0 Å². The molecule has 2 saturated heterocycles. The van der Waals surface area contributed by atoms with Crippen molar-refractivity contribution < 1.29 is 13.2 Å². The van der Waals surface area contributed by atoms with E-state index in [0.29, 0.717) is 32.0 Å². The van der Waals surface area contributed by atoms with Crippen LogP contribution in [0.4, 0.5) is 0 Å². The normalized spacial score (nSPS) is 30.1.